The fourth-order valence-electron chi connectivity index (χ4n) is 6.16. The van der Waals surface area contributed by atoms with Crippen molar-refractivity contribution < 1.29 is 0 Å². The molecule has 0 bridgehead atoms. The van der Waals surface area contributed by atoms with Crippen molar-refractivity contribution in [2.75, 3.05) is 0 Å². The molecule has 0 aromatic heterocycles. The van der Waals surface area contributed by atoms with Crippen molar-refractivity contribution >= 4 is 15.9 Å². The third-order valence-corrected chi connectivity index (χ3v) is 10.1. The Hall–Kier alpha value is -1.86. The predicted molar refractivity (Wildman–Crippen MR) is 137 cm³/mol. The highest BCUT2D eigenvalue weighted by Crippen LogP contribution is 2.62. The molecule has 0 nitrogen and oxygen atoms in total. The summed E-state index contributed by atoms with van der Waals surface area (Å²) in [5.41, 5.74) is 11.6. The first-order valence-electron chi connectivity index (χ1n) is 11.4. The van der Waals surface area contributed by atoms with Gasteiger partial charge in [0.25, 0.3) is 0 Å². The van der Waals surface area contributed by atoms with Crippen molar-refractivity contribution in [2.45, 2.75) is 71.6 Å². The second-order valence-corrected chi connectivity index (χ2v) is 12.5. The van der Waals surface area contributed by atoms with Gasteiger partial charge in [-0.25, -0.2) is 0 Å². The van der Waals surface area contributed by atoms with E-state index in [2.05, 4.69) is 126 Å². The van der Waals surface area contributed by atoms with Gasteiger partial charge in [-0.05, 0) is 79.0 Å². The molecular formula is C30H33Br. The van der Waals surface area contributed by atoms with Crippen molar-refractivity contribution in [1.29, 1.82) is 0 Å². The zero-order valence-electron chi connectivity index (χ0n) is 20.1. The predicted octanol–water partition coefficient (Wildman–Crippen LogP) is 9.02. The van der Waals surface area contributed by atoms with Gasteiger partial charge in [-0.15, -0.1) is 0 Å². The maximum atomic E-state index is 3.95. The van der Waals surface area contributed by atoms with Crippen LogP contribution in [0.25, 0.3) is 22.3 Å². The molecule has 0 heterocycles. The van der Waals surface area contributed by atoms with Gasteiger partial charge in [0.1, 0.15) is 0 Å². The van der Waals surface area contributed by atoms with Crippen LogP contribution in [0, 0.1) is 5.41 Å². The van der Waals surface area contributed by atoms with Gasteiger partial charge in [0.15, 0.2) is 0 Å². The molecule has 0 unspecified atom stereocenters. The summed E-state index contributed by atoms with van der Waals surface area (Å²) in [6, 6.07) is 20.8. The monoisotopic (exact) mass is 472 g/mol. The Bertz CT molecular complexity index is 1240. The minimum absolute atomic E-state index is 0.0222. The number of benzene rings is 3. The van der Waals surface area contributed by atoms with Gasteiger partial charge in [0.2, 0.25) is 0 Å². The highest BCUT2D eigenvalue weighted by atomic mass is 79.9. The Labute approximate surface area is 196 Å². The van der Waals surface area contributed by atoms with Crippen LogP contribution in [0.5, 0.6) is 0 Å². The number of fused-ring (bicyclic) bond motifs is 4. The van der Waals surface area contributed by atoms with Gasteiger partial charge < -0.3 is 0 Å². The molecule has 0 fully saturated rings. The molecule has 3 aromatic rings. The van der Waals surface area contributed by atoms with E-state index in [9.17, 15) is 0 Å². The minimum Gasteiger partial charge on any atom is -0.0619 e. The van der Waals surface area contributed by atoms with Crippen LogP contribution in [0.2, 0.25) is 0 Å². The third kappa shape index (κ3) is 2.48. The van der Waals surface area contributed by atoms with E-state index in [1.54, 1.807) is 0 Å². The quantitative estimate of drug-likeness (QED) is 0.331. The van der Waals surface area contributed by atoms with Gasteiger partial charge in [-0.3, -0.25) is 0 Å². The Kier molecular flexibility index (Phi) is 4.16. The molecule has 2 aliphatic rings. The summed E-state index contributed by atoms with van der Waals surface area (Å²) in [4.78, 5) is 0. The first kappa shape index (κ1) is 21.0. The molecule has 3 aromatic carbocycles. The van der Waals surface area contributed by atoms with Crippen LogP contribution in [-0.4, -0.2) is 0 Å². The van der Waals surface area contributed by atoms with E-state index in [1.165, 1.54) is 49.0 Å². The molecule has 5 rings (SSSR count). The average Bonchev–Trinajstić information content (AvgIpc) is 2.99. The first-order valence-corrected chi connectivity index (χ1v) is 12.2. The van der Waals surface area contributed by atoms with Crippen LogP contribution in [0.3, 0.4) is 0 Å². The minimum atomic E-state index is 0.0222. The molecule has 0 atom stereocenters. The maximum absolute atomic E-state index is 3.95. The highest BCUT2D eigenvalue weighted by molar-refractivity contribution is 9.10. The molecule has 1 heteroatoms. The van der Waals surface area contributed by atoms with E-state index in [1.807, 2.05) is 0 Å². The van der Waals surface area contributed by atoms with Crippen LogP contribution >= 0.6 is 15.9 Å². The summed E-state index contributed by atoms with van der Waals surface area (Å²) in [6.07, 6.45) is 0. The van der Waals surface area contributed by atoms with E-state index in [-0.39, 0.29) is 21.7 Å². The van der Waals surface area contributed by atoms with Gasteiger partial charge in [0, 0.05) is 9.89 Å². The second-order valence-electron chi connectivity index (χ2n) is 11.7. The van der Waals surface area contributed by atoms with Gasteiger partial charge in [-0.2, -0.15) is 0 Å². The lowest BCUT2D eigenvalue weighted by atomic mass is 9.59. The molecule has 0 amide bonds. The summed E-state index contributed by atoms with van der Waals surface area (Å²) in [6.45, 7) is 19.2. The lowest BCUT2D eigenvalue weighted by Crippen LogP contribution is -2.42. The topological polar surface area (TPSA) is 0 Å². The van der Waals surface area contributed by atoms with E-state index in [4.69, 9.17) is 0 Å². The Morgan fingerprint density at radius 2 is 1.13 bits per heavy atom. The van der Waals surface area contributed by atoms with E-state index >= 15 is 0 Å². The van der Waals surface area contributed by atoms with Crippen LogP contribution in [-0.2, 0) is 16.2 Å². The summed E-state index contributed by atoms with van der Waals surface area (Å²) in [7, 11) is 0. The van der Waals surface area contributed by atoms with Gasteiger partial charge >= 0.3 is 0 Å². The fourth-order valence-corrected chi connectivity index (χ4v) is 6.73. The van der Waals surface area contributed by atoms with Crippen LogP contribution < -0.4 is 0 Å². The summed E-state index contributed by atoms with van der Waals surface area (Å²) in [5.74, 6) is 0. The zero-order chi connectivity index (χ0) is 22.6. The first-order chi connectivity index (χ1) is 14.3. The van der Waals surface area contributed by atoms with E-state index < -0.39 is 0 Å². The molecule has 0 aliphatic heterocycles. The summed E-state index contributed by atoms with van der Waals surface area (Å²) >= 11 is 3.95. The fraction of sp³-hybridized carbons (Fsp3) is 0.400. The molecule has 0 saturated heterocycles. The Morgan fingerprint density at radius 3 is 1.81 bits per heavy atom. The number of halogens is 1. The van der Waals surface area contributed by atoms with Crippen molar-refractivity contribution in [3.8, 4) is 22.3 Å². The lowest BCUT2D eigenvalue weighted by Gasteiger charge is -2.44. The van der Waals surface area contributed by atoms with Crippen molar-refractivity contribution in [3.05, 3.63) is 81.3 Å². The normalized spacial score (nSPS) is 20.8. The highest BCUT2D eigenvalue weighted by Gasteiger charge is 2.56. The Morgan fingerprint density at radius 1 is 0.548 bits per heavy atom. The largest absolute Gasteiger partial charge is 0.0619 e. The lowest BCUT2D eigenvalue weighted by molar-refractivity contribution is 0.125. The summed E-state index contributed by atoms with van der Waals surface area (Å²) < 4.78 is 1.20. The molecular weight excluding hydrogens is 440 g/mol. The van der Waals surface area contributed by atoms with Crippen molar-refractivity contribution in [2.24, 2.45) is 5.41 Å². The summed E-state index contributed by atoms with van der Waals surface area (Å²) in [5, 5.41) is 0. The Balaban J connectivity index is 1.71. The van der Waals surface area contributed by atoms with Crippen LogP contribution in [0.1, 0.15) is 77.6 Å². The molecule has 0 radical (unpaired) electrons. The molecule has 160 valence electrons. The number of rotatable bonds is 1. The molecule has 2 aliphatic carbocycles. The maximum Gasteiger partial charge on any atom is 0.0256 e. The van der Waals surface area contributed by atoms with Gasteiger partial charge in [0.05, 0.1) is 0 Å². The van der Waals surface area contributed by atoms with Crippen molar-refractivity contribution in [1.82, 2.24) is 0 Å². The standard InChI is InChI=1S/C30H33Br/c1-27(2)22-12-10-9-11-19(22)20-14-13-18(15-23(20)27)21-16-24-25(17-26(21)31)29(5,6)30(7,8)28(24,3)4/h9-17H,1-8H3. The number of hydrogen-bond donors (Lipinski definition) is 0. The number of hydrogen-bond acceptors (Lipinski definition) is 0. The second kappa shape index (κ2) is 6.13. The molecule has 0 N–H and O–H groups in total. The van der Waals surface area contributed by atoms with Crippen LogP contribution in [0.15, 0.2) is 59.1 Å². The van der Waals surface area contributed by atoms with Crippen LogP contribution in [0.4, 0.5) is 0 Å². The van der Waals surface area contributed by atoms with Gasteiger partial charge in [-0.1, -0.05) is 108 Å². The molecule has 0 spiro atoms. The van der Waals surface area contributed by atoms with E-state index in [0.717, 1.165) is 0 Å². The van der Waals surface area contributed by atoms with E-state index in [0.29, 0.717) is 0 Å². The smallest absolute Gasteiger partial charge is 0.0256 e. The SMILES string of the molecule is CC1(C)c2ccccc2-c2ccc(-c3cc4c(cc3Br)C(C)(C)C(C)(C)C4(C)C)cc21. The van der Waals surface area contributed by atoms with Crippen molar-refractivity contribution in [3.63, 3.8) is 0 Å². The molecule has 31 heavy (non-hydrogen) atoms. The molecule has 0 saturated carbocycles. The zero-order valence-corrected chi connectivity index (χ0v) is 21.7. The average molecular weight is 473 g/mol. The third-order valence-electron chi connectivity index (χ3n) is 9.47.